The molecular weight excluding hydrogens is 500 g/mol. The molecule has 0 saturated carbocycles. The monoisotopic (exact) mass is 536 g/mol. The Morgan fingerprint density at radius 1 is 0.872 bits per heavy atom. The summed E-state index contributed by atoms with van der Waals surface area (Å²) in [4.78, 5) is 53.2. The molecule has 0 saturated heterocycles. The molecule has 3 unspecified atom stereocenters. The lowest BCUT2D eigenvalue weighted by Gasteiger charge is -2.22. The molecule has 0 spiro atoms. The van der Waals surface area contributed by atoms with Gasteiger partial charge in [-0.2, -0.15) is 0 Å². The normalized spacial score (nSPS) is 13.3. The molecule has 0 bridgehead atoms. The number of hydrogen-bond acceptors (Lipinski definition) is 6. The molecule has 3 atom stereocenters. The van der Waals surface area contributed by atoms with Crippen molar-refractivity contribution in [3.8, 4) is 0 Å². The quantitative estimate of drug-likeness (QED) is 0.138. The number of carbonyl (C=O) groups excluding carboxylic acids is 3. The van der Waals surface area contributed by atoms with Gasteiger partial charge in [0.15, 0.2) is 0 Å². The zero-order valence-corrected chi connectivity index (χ0v) is 21.7. The molecule has 0 radical (unpaired) electrons. The van der Waals surface area contributed by atoms with Crippen molar-refractivity contribution in [3.63, 3.8) is 0 Å². The predicted molar refractivity (Wildman–Crippen MR) is 148 cm³/mol. The molecular formula is C28H36N6O5. The number of carbonyl (C=O) groups is 4. The van der Waals surface area contributed by atoms with E-state index in [4.69, 9.17) is 11.5 Å². The van der Waals surface area contributed by atoms with Crippen molar-refractivity contribution in [2.45, 2.75) is 50.2 Å². The van der Waals surface area contributed by atoms with Crippen molar-refractivity contribution in [2.75, 3.05) is 13.1 Å². The number of para-hydroxylation sites is 1. The molecule has 39 heavy (non-hydrogen) atoms. The third kappa shape index (κ3) is 8.94. The second kappa shape index (κ2) is 14.6. The maximum Gasteiger partial charge on any atom is 0.326 e. The van der Waals surface area contributed by atoms with Crippen LogP contribution in [0.2, 0.25) is 0 Å². The topological polar surface area (TPSA) is 192 Å². The number of aromatic amines is 1. The molecule has 11 heteroatoms. The van der Waals surface area contributed by atoms with Gasteiger partial charge in [-0.25, -0.2) is 4.79 Å². The average Bonchev–Trinajstić information content (AvgIpc) is 3.34. The number of carboxylic acids is 1. The lowest BCUT2D eigenvalue weighted by molar-refractivity contribution is -0.142. The number of nitrogens with two attached hydrogens (primary N) is 2. The van der Waals surface area contributed by atoms with E-state index >= 15 is 0 Å². The van der Waals surface area contributed by atoms with E-state index in [1.165, 1.54) is 0 Å². The first kappa shape index (κ1) is 29.3. The summed E-state index contributed by atoms with van der Waals surface area (Å²) in [7, 11) is 0. The number of amides is 3. The van der Waals surface area contributed by atoms with Gasteiger partial charge in [0.25, 0.3) is 0 Å². The van der Waals surface area contributed by atoms with Crippen molar-refractivity contribution in [2.24, 2.45) is 11.5 Å². The van der Waals surface area contributed by atoms with Crippen LogP contribution in [0.4, 0.5) is 0 Å². The van der Waals surface area contributed by atoms with Crippen LogP contribution in [-0.2, 0) is 32.0 Å². The number of H-pyrrole nitrogens is 1. The summed E-state index contributed by atoms with van der Waals surface area (Å²) in [5, 5.41) is 18.3. The first-order valence-electron chi connectivity index (χ1n) is 12.9. The fraction of sp³-hybridized carbons (Fsp3) is 0.357. The van der Waals surface area contributed by atoms with E-state index in [1.807, 2.05) is 54.6 Å². The van der Waals surface area contributed by atoms with Gasteiger partial charge in [0, 0.05) is 23.5 Å². The zero-order chi connectivity index (χ0) is 28.2. The molecule has 3 rings (SSSR count). The Hall–Kier alpha value is -4.22. The average molecular weight is 537 g/mol. The zero-order valence-electron chi connectivity index (χ0n) is 21.7. The Balaban J connectivity index is 1.58. The summed E-state index contributed by atoms with van der Waals surface area (Å²) in [6.45, 7) is 0.0374. The predicted octanol–water partition coefficient (Wildman–Crippen LogP) is 0.580. The van der Waals surface area contributed by atoms with Gasteiger partial charge >= 0.3 is 5.97 Å². The Morgan fingerprint density at radius 2 is 1.59 bits per heavy atom. The molecule has 1 aromatic heterocycles. The van der Waals surface area contributed by atoms with Crippen LogP contribution in [0, 0.1) is 0 Å². The van der Waals surface area contributed by atoms with Crippen LogP contribution < -0.4 is 27.4 Å². The number of aromatic nitrogens is 1. The fourth-order valence-corrected chi connectivity index (χ4v) is 4.26. The first-order valence-corrected chi connectivity index (χ1v) is 12.9. The summed E-state index contributed by atoms with van der Waals surface area (Å²) in [5.74, 6) is -2.91. The van der Waals surface area contributed by atoms with E-state index in [1.54, 1.807) is 6.20 Å². The number of carboxylic acid groups (broad SMARTS) is 1. The van der Waals surface area contributed by atoms with Gasteiger partial charge in [-0.15, -0.1) is 0 Å². The highest BCUT2D eigenvalue weighted by Crippen LogP contribution is 2.19. The molecule has 3 amide bonds. The first-order chi connectivity index (χ1) is 18.8. The summed E-state index contributed by atoms with van der Waals surface area (Å²) < 4.78 is 0. The number of rotatable bonds is 15. The van der Waals surface area contributed by atoms with Gasteiger partial charge in [0.05, 0.1) is 12.6 Å². The van der Waals surface area contributed by atoms with Gasteiger partial charge in [-0.1, -0.05) is 48.5 Å². The van der Waals surface area contributed by atoms with Gasteiger partial charge in [0.2, 0.25) is 17.7 Å². The minimum atomic E-state index is -1.21. The van der Waals surface area contributed by atoms with Crippen LogP contribution in [0.25, 0.3) is 10.9 Å². The number of unbranched alkanes of at least 4 members (excludes halogenated alkanes) is 1. The molecule has 3 aromatic rings. The third-order valence-corrected chi connectivity index (χ3v) is 6.37. The standard InChI is InChI=1S/C28H36N6O5/c29-13-7-6-12-23(33-25(35)17-32-26(36)21(30)14-18-8-2-1-3-9-18)27(37)34-24(28(38)39)15-19-16-31-22-11-5-4-10-20(19)22/h1-5,8-11,16,21,23-24,31H,6-7,12-15,17,29-30H2,(H,32,36)(H,33,35)(H,34,37)(H,38,39). The van der Waals surface area contributed by atoms with Crippen molar-refractivity contribution < 1.29 is 24.3 Å². The molecule has 2 aromatic carbocycles. The highest BCUT2D eigenvalue weighted by molar-refractivity contribution is 5.93. The van der Waals surface area contributed by atoms with Gasteiger partial charge < -0.3 is 37.5 Å². The Bertz CT molecular complexity index is 1260. The number of aliphatic carboxylic acids is 1. The van der Waals surface area contributed by atoms with Crippen molar-refractivity contribution in [1.29, 1.82) is 0 Å². The second-order valence-corrected chi connectivity index (χ2v) is 9.38. The van der Waals surface area contributed by atoms with Crippen LogP contribution in [0.3, 0.4) is 0 Å². The van der Waals surface area contributed by atoms with E-state index in [2.05, 4.69) is 20.9 Å². The molecule has 0 fully saturated rings. The van der Waals surface area contributed by atoms with Crippen LogP contribution in [-0.4, -0.2) is 65.0 Å². The maximum atomic E-state index is 13.1. The van der Waals surface area contributed by atoms with Crippen LogP contribution in [0.15, 0.2) is 60.8 Å². The number of benzene rings is 2. The Morgan fingerprint density at radius 3 is 2.31 bits per heavy atom. The molecule has 1 heterocycles. The summed E-state index contributed by atoms with van der Waals surface area (Å²) in [6.07, 6.45) is 3.52. The van der Waals surface area contributed by atoms with Crippen molar-refractivity contribution in [3.05, 3.63) is 71.9 Å². The molecule has 0 aliphatic rings. The van der Waals surface area contributed by atoms with Gasteiger partial charge in [-0.3, -0.25) is 14.4 Å². The van der Waals surface area contributed by atoms with E-state index in [0.29, 0.717) is 25.8 Å². The maximum absolute atomic E-state index is 13.1. The lowest BCUT2D eigenvalue weighted by Crippen LogP contribution is -2.54. The minimum Gasteiger partial charge on any atom is -0.480 e. The summed E-state index contributed by atoms with van der Waals surface area (Å²) >= 11 is 0. The van der Waals surface area contributed by atoms with Crippen molar-refractivity contribution in [1.82, 2.24) is 20.9 Å². The summed E-state index contributed by atoms with van der Waals surface area (Å²) in [6, 6.07) is 13.7. The highest BCUT2D eigenvalue weighted by Gasteiger charge is 2.27. The third-order valence-electron chi connectivity index (χ3n) is 6.37. The number of nitrogens with one attached hydrogen (secondary N) is 4. The number of hydrogen-bond donors (Lipinski definition) is 7. The van der Waals surface area contributed by atoms with Gasteiger partial charge in [0.1, 0.15) is 12.1 Å². The van der Waals surface area contributed by atoms with Gasteiger partial charge in [-0.05, 0) is 49.4 Å². The Kier molecular flexibility index (Phi) is 11.0. The molecule has 0 aliphatic carbocycles. The fourth-order valence-electron chi connectivity index (χ4n) is 4.26. The molecule has 208 valence electrons. The Labute approximate surface area is 226 Å². The number of fused-ring (bicyclic) bond motifs is 1. The van der Waals surface area contributed by atoms with Crippen LogP contribution in [0.5, 0.6) is 0 Å². The second-order valence-electron chi connectivity index (χ2n) is 9.38. The lowest BCUT2D eigenvalue weighted by atomic mass is 10.0. The van der Waals surface area contributed by atoms with E-state index in [0.717, 1.165) is 22.0 Å². The van der Waals surface area contributed by atoms with E-state index < -0.39 is 41.8 Å². The van der Waals surface area contributed by atoms with E-state index in [9.17, 15) is 24.3 Å². The summed E-state index contributed by atoms with van der Waals surface area (Å²) in [5.41, 5.74) is 14.0. The smallest absolute Gasteiger partial charge is 0.326 e. The van der Waals surface area contributed by atoms with E-state index in [-0.39, 0.29) is 19.4 Å². The van der Waals surface area contributed by atoms with Crippen molar-refractivity contribution >= 4 is 34.6 Å². The molecule has 11 nitrogen and oxygen atoms in total. The molecule has 0 aliphatic heterocycles. The minimum absolute atomic E-state index is 0.0594. The van der Waals surface area contributed by atoms with Crippen LogP contribution >= 0.6 is 0 Å². The highest BCUT2D eigenvalue weighted by atomic mass is 16.4. The largest absolute Gasteiger partial charge is 0.480 e. The SMILES string of the molecule is NCCCCC(NC(=O)CNC(=O)C(N)Cc1ccccc1)C(=O)NC(Cc1c[nH]c2ccccc12)C(=O)O. The van der Waals surface area contributed by atoms with Crippen LogP contribution in [0.1, 0.15) is 30.4 Å². The molecule has 9 N–H and O–H groups in total.